The summed E-state index contributed by atoms with van der Waals surface area (Å²) in [4.78, 5) is 81.5. The fourth-order valence-corrected chi connectivity index (χ4v) is 8.58. The average Bonchev–Trinajstić information content (AvgIpc) is 3.80. The van der Waals surface area contributed by atoms with Crippen LogP contribution in [0.15, 0.2) is 72.3 Å². The molecule has 2 fully saturated rings. The van der Waals surface area contributed by atoms with Crippen LogP contribution in [-0.4, -0.2) is 114 Å². The maximum absolute atomic E-state index is 14.8. The zero-order chi connectivity index (χ0) is 49.6. The second-order valence-corrected chi connectivity index (χ2v) is 19.8. The first-order valence-electron chi connectivity index (χ1n) is 24.1. The second kappa shape index (κ2) is 24.3. The molecule has 0 unspecified atom stereocenters. The van der Waals surface area contributed by atoms with Gasteiger partial charge in [-0.05, 0) is 75.4 Å². The molecule has 2 aromatic carbocycles. The third-order valence-electron chi connectivity index (χ3n) is 12.4. The van der Waals surface area contributed by atoms with Gasteiger partial charge in [-0.25, -0.2) is 14.4 Å². The number of nitrogens with one attached hydrogen (secondary N) is 1. The Morgan fingerprint density at radius 1 is 0.926 bits per heavy atom. The first kappa shape index (κ1) is 53.6. The van der Waals surface area contributed by atoms with Gasteiger partial charge in [-0.1, -0.05) is 95.8 Å². The fourth-order valence-electron chi connectivity index (χ4n) is 8.58. The van der Waals surface area contributed by atoms with Gasteiger partial charge >= 0.3 is 23.9 Å². The Bertz CT molecular complexity index is 2100. The van der Waals surface area contributed by atoms with Crippen LogP contribution in [-0.2, 0) is 58.8 Å². The van der Waals surface area contributed by atoms with E-state index >= 15 is 0 Å². The van der Waals surface area contributed by atoms with E-state index in [1.165, 1.54) is 17.1 Å². The number of nitrogens with zero attached hydrogens (tertiary/aromatic N) is 1. The molecular formula is C53H72N2O13. The lowest BCUT2D eigenvalue weighted by atomic mass is 9.90. The number of carbonyl (C=O) groups excluding carboxylic acids is 6. The molecule has 0 spiro atoms. The van der Waals surface area contributed by atoms with Crippen LogP contribution in [0.5, 0.6) is 0 Å². The number of hydrogen-bond acceptors (Lipinski definition) is 13. The molecule has 1 aliphatic carbocycles. The van der Waals surface area contributed by atoms with E-state index in [4.69, 9.17) is 28.4 Å². The molecule has 15 nitrogen and oxygen atoms in total. The molecule has 0 radical (unpaired) electrons. The standard InChI is InChI=1S/C53H72N2O13/c1-9-11-16-28-53(29-17-12-10-2)66-42-32-38(48(60)55(8)40(30-36-18-14-13-15-19-36)47(59)54-39(33-56)25-27-44(58)67-51(3,4)5)31-41(45(42)68-53)64-49(61)37-23-20-35(21-24-37)22-26-43(57)65-46-50(62)63-34-52(46,6)7/h13-15,18-24,26,32,39-42,45-46,56H,9-12,16-17,25,27-31,33-34H2,1-8H3,(H,54,59)/t39-,40+,41+,42+,45-,46-/m0/s1. The number of aliphatic hydroxyl groups is 1. The maximum Gasteiger partial charge on any atom is 0.348 e. The highest BCUT2D eigenvalue weighted by molar-refractivity contribution is 5.97. The largest absolute Gasteiger partial charge is 0.462 e. The van der Waals surface area contributed by atoms with Crippen LogP contribution in [0.2, 0.25) is 0 Å². The number of fused-ring (bicyclic) bond motifs is 1. The molecule has 68 heavy (non-hydrogen) atoms. The Morgan fingerprint density at radius 3 is 2.18 bits per heavy atom. The summed E-state index contributed by atoms with van der Waals surface area (Å²) < 4.78 is 35.8. The number of ether oxygens (including phenoxy) is 6. The Morgan fingerprint density at radius 2 is 1.59 bits per heavy atom. The minimum absolute atomic E-state index is 0.0253. The van der Waals surface area contributed by atoms with E-state index in [9.17, 15) is 33.9 Å². The van der Waals surface area contributed by atoms with Crippen LogP contribution in [0.3, 0.4) is 0 Å². The van der Waals surface area contributed by atoms with E-state index in [1.54, 1.807) is 72.0 Å². The SMILES string of the molecule is CCCCCC1(CCCCC)O[C@@H]2[C@@H](C=C(C(=O)N(C)[C@H](Cc3ccccc3)C(=O)N[C@H](CO)CCC(=O)OC(C)(C)C)C[C@H]2OC(=O)c2ccc(C=CC(=O)O[C@H]3C(=O)OCC3(C)C)cc2)O1. The Kier molecular flexibility index (Phi) is 19.1. The third kappa shape index (κ3) is 15.1. The molecule has 15 heteroatoms. The van der Waals surface area contributed by atoms with Crippen LogP contribution in [0, 0.1) is 5.41 Å². The van der Waals surface area contributed by atoms with Gasteiger partial charge in [0.2, 0.25) is 17.9 Å². The van der Waals surface area contributed by atoms with Crippen LogP contribution < -0.4 is 5.32 Å². The third-order valence-corrected chi connectivity index (χ3v) is 12.4. The van der Waals surface area contributed by atoms with Crippen molar-refractivity contribution < 1.29 is 62.3 Å². The molecule has 2 saturated heterocycles. The number of unbranched alkanes of at least 4 members (excludes halogenated alkanes) is 4. The van der Waals surface area contributed by atoms with Gasteiger partial charge in [0.1, 0.15) is 36.6 Å². The average molecular weight is 945 g/mol. The van der Waals surface area contributed by atoms with Crippen LogP contribution in [0.4, 0.5) is 0 Å². The Hall–Kier alpha value is -5.38. The first-order valence-corrected chi connectivity index (χ1v) is 24.1. The van der Waals surface area contributed by atoms with E-state index < -0.39 is 95.6 Å². The number of esters is 4. The van der Waals surface area contributed by atoms with Gasteiger partial charge in [-0.15, -0.1) is 0 Å². The van der Waals surface area contributed by atoms with Gasteiger partial charge in [-0.2, -0.15) is 0 Å². The summed E-state index contributed by atoms with van der Waals surface area (Å²) in [5, 5.41) is 13.1. The normalized spacial score (nSPS) is 21.5. The number of aliphatic hydroxyl groups excluding tert-OH is 1. The molecule has 5 rings (SSSR count). The molecule has 0 saturated carbocycles. The predicted octanol–water partition coefficient (Wildman–Crippen LogP) is 7.36. The monoisotopic (exact) mass is 945 g/mol. The molecule has 2 aliphatic heterocycles. The van der Waals surface area contributed by atoms with Crippen molar-refractivity contribution in [1.82, 2.24) is 10.2 Å². The summed E-state index contributed by atoms with van der Waals surface area (Å²) in [6.07, 6.45) is 8.15. The summed E-state index contributed by atoms with van der Waals surface area (Å²) in [5.74, 6) is -4.37. The maximum atomic E-state index is 14.8. The van der Waals surface area contributed by atoms with Gasteiger partial charge < -0.3 is 43.7 Å². The van der Waals surface area contributed by atoms with Crippen LogP contribution in [0.1, 0.15) is 141 Å². The van der Waals surface area contributed by atoms with Crippen molar-refractivity contribution in [3.63, 3.8) is 0 Å². The van der Waals surface area contributed by atoms with Gasteiger partial charge in [0.25, 0.3) is 0 Å². The number of benzene rings is 2. The molecule has 6 atom stereocenters. The van der Waals surface area contributed by atoms with Crippen LogP contribution >= 0.6 is 0 Å². The van der Waals surface area contributed by atoms with Crippen molar-refractivity contribution in [1.29, 1.82) is 0 Å². The predicted molar refractivity (Wildman–Crippen MR) is 254 cm³/mol. The fraction of sp³-hybridized carbons (Fsp3) is 0.585. The number of cyclic esters (lactones) is 1. The quantitative estimate of drug-likeness (QED) is 0.0486. The molecule has 2 amide bonds. The van der Waals surface area contributed by atoms with Crippen molar-refractivity contribution in [3.8, 4) is 0 Å². The van der Waals surface area contributed by atoms with Crippen molar-refractivity contribution in [3.05, 3.63) is 89.0 Å². The lowest BCUT2D eigenvalue weighted by molar-refractivity contribution is -0.190. The molecule has 2 heterocycles. The highest BCUT2D eigenvalue weighted by Gasteiger charge is 2.53. The molecule has 0 bridgehead atoms. The number of rotatable bonds is 23. The minimum atomic E-state index is -1.04. The smallest absolute Gasteiger partial charge is 0.348 e. The van der Waals surface area contributed by atoms with E-state index in [0.29, 0.717) is 18.4 Å². The lowest BCUT2D eigenvalue weighted by Gasteiger charge is -2.34. The number of likely N-dealkylation sites (N-methyl/N-ethyl adjacent to an activating group) is 1. The van der Waals surface area contributed by atoms with Crippen molar-refractivity contribution >= 4 is 41.8 Å². The lowest BCUT2D eigenvalue weighted by Crippen LogP contribution is -2.53. The summed E-state index contributed by atoms with van der Waals surface area (Å²) >= 11 is 0. The van der Waals surface area contributed by atoms with E-state index in [-0.39, 0.29) is 43.4 Å². The molecule has 2 N–H and O–H groups in total. The molecular weight excluding hydrogens is 873 g/mol. The number of carbonyl (C=O) groups is 6. The Labute approximate surface area is 401 Å². The highest BCUT2D eigenvalue weighted by Crippen LogP contribution is 2.43. The van der Waals surface area contributed by atoms with E-state index in [1.807, 2.05) is 30.3 Å². The van der Waals surface area contributed by atoms with E-state index in [0.717, 1.165) is 44.1 Å². The van der Waals surface area contributed by atoms with Crippen LogP contribution in [0.25, 0.3) is 6.08 Å². The highest BCUT2D eigenvalue weighted by atomic mass is 16.8. The molecule has 2 aromatic rings. The summed E-state index contributed by atoms with van der Waals surface area (Å²) in [5.41, 5.74) is 0.538. The van der Waals surface area contributed by atoms with Gasteiger partial charge in [0.05, 0.1) is 18.2 Å². The molecule has 3 aliphatic rings. The first-order chi connectivity index (χ1) is 32.3. The zero-order valence-corrected chi connectivity index (χ0v) is 41.1. The Balaban J connectivity index is 1.38. The van der Waals surface area contributed by atoms with Gasteiger partial charge in [-0.3, -0.25) is 14.4 Å². The molecule has 0 aromatic heterocycles. The van der Waals surface area contributed by atoms with Crippen molar-refractivity contribution in [2.45, 2.75) is 173 Å². The van der Waals surface area contributed by atoms with Crippen molar-refractivity contribution in [2.75, 3.05) is 20.3 Å². The van der Waals surface area contributed by atoms with E-state index in [2.05, 4.69) is 19.2 Å². The molecule has 372 valence electrons. The number of amides is 2. The second-order valence-electron chi connectivity index (χ2n) is 19.8. The van der Waals surface area contributed by atoms with Gasteiger partial charge in [0, 0.05) is 56.2 Å². The minimum Gasteiger partial charge on any atom is -0.462 e. The zero-order valence-electron chi connectivity index (χ0n) is 41.1. The summed E-state index contributed by atoms with van der Waals surface area (Å²) in [7, 11) is 1.54. The summed E-state index contributed by atoms with van der Waals surface area (Å²) in [6, 6.07) is 13.8. The summed E-state index contributed by atoms with van der Waals surface area (Å²) in [6.45, 7) is 12.8. The number of hydrogen-bond donors (Lipinski definition) is 2. The van der Waals surface area contributed by atoms with Gasteiger partial charge in [0.15, 0.2) is 5.79 Å². The van der Waals surface area contributed by atoms with Crippen molar-refractivity contribution in [2.24, 2.45) is 5.41 Å². The topological polar surface area (TPSA) is 193 Å².